The van der Waals surface area contributed by atoms with Crippen molar-refractivity contribution in [3.63, 3.8) is 0 Å². The van der Waals surface area contributed by atoms with Crippen LogP contribution >= 0.6 is 0 Å². The SMILES string of the molecule is C=CC/C=C/C/C=C/CCCCCCC.CCC(O)COC(=O)CCCCCC(C)(C)C.CCC/C=C/C/C=C/CCCCCCC.CCCCCC/C=C/CCCCCCC.CCCCCCCCCCCCCCC. The van der Waals surface area contributed by atoms with E-state index in [1.807, 2.05) is 13.0 Å². The summed E-state index contributed by atoms with van der Waals surface area (Å²) >= 11 is 0. The minimum Gasteiger partial charge on any atom is -0.463 e. The molecule has 0 aliphatic heterocycles. The zero-order chi connectivity index (χ0) is 58.1. The lowest BCUT2D eigenvalue weighted by atomic mass is 9.89. The van der Waals surface area contributed by atoms with Gasteiger partial charge in [0.2, 0.25) is 0 Å². The number of hydrogen-bond acceptors (Lipinski definition) is 3. The Labute approximate surface area is 487 Å². The van der Waals surface area contributed by atoms with Gasteiger partial charge in [0.25, 0.3) is 0 Å². The molecule has 0 aromatic heterocycles. The Morgan fingerprint density at radius 1 is 0.377 bits per heavy atom. The molecule has 0 spiro atoms. The molecule has 458 valence electrons. The van der Waals surface area contributed by atoms with Gasteiger partial charge in [-0.15, -0.1) is 6.58 Å². The number of unbranched alkanes of at least 4 members (excludes halogenated alkanes) is 34. The molecule has 3 heteroatoms. The van der Waals surface area contributed by atoms with Crippen LogP contribution in [0.2, 0.25) is 0 Å². The smallest absolute Gasteiger partial charge is 0.305 e. The summed E-state index contributed by atoms with van der Waals surface area (Å²) in [5, 5.41) is 9.23. The molecule has 77 heavy (non-hydrogen) atoms. The number of ether oxygens (including phenoxy) is 1. The van der Waals surface area contributed by atoms with Gasteiger partial charge in [-0.05, 0) is 102 Å². The standard InChI is InChI=1S/C15H32.C15H30.C15H28.C15H26.C14H28O3/c4*1-3-5-7-9-11-13-15-14-12-10-8-6-4-2;1-5-12(15)11-17-13(16)9-7-6-8-10-14(2,3)4/h3-15H2,1-2H3;13,15H,3-12,14H2,1-2H3;7,9,13,15H,3-6,8,10-12,14H2,1-2H3;3,7,9,13,15H,1,4-6,8,10-12,14H2,2H3;12,15H,5-11H2,1-4H3/b;15-13+;2*9-7+,15-13+;. The molecule has 0 aromatic carbocycles. The van der Waals surface area contributed by atoms with Crippen LogP contribution in [0.3, 0.4) is 0 Å². The molecule has 0 aliphatic rings. The molecule has 3 nitrogen and oxygen atoms in total. The van der Waals surface area contributed by atoms with Crippen LogP contribution in [-0.2, 0) is 9.53 Å². The largest absolute Gasteiger partial charge is 0.463 e. The second-order valence-electron chi connectivity index (χ2n) is 23.4. The van der Waals surface area contributed by atoms with E-state index in [9.17, 15) is 9.90 Å². The monoisotopic (exact) mass is 1080 g/mol. The molecule has 0 radical (unpaired) electrons. The van der Waals surface area contributed by atoms with Gasteiger partial charge in [-0.3, -0.25) is 4.79 Å². The fraction of sp³-hybridized carbons (Fsp3) is 0.824. The highest BCUT2D eigenvalue weighted by Gasteiger charge is 2.10. The zero-order valence-corrected chi connectivity index (χ0v) is 54.8. The van der Waals surface area contributed by atoms with E-state index in [0.29, 0.717) is 18.3 Å². The van der Waals surface area contributed by atoms with Crippen LogP contribution in [0.1, 0.15) is 378 Å². The van der Waals surface area contributed by atoms with Crippen molar-refractivity contribution in [1.29, 1.82) is 0 Å². The van der Waals surface area contributed by atoms with Crippen LogP contribution in [0, 0.1) is 5.41 Å². The molecule has 0 aliphatic carbocycles. The molecule has 0 saturated heterocycles. The van der Waals surface area contributed by atoms with Crippen molar-refractivity contribution < 1.29 is 14.6 Å². The normalized spacial score (nSPS) is 11.8. The second kappa shape index (κ2) is 80.3. The van der Waals surface area contributed by atoms with Crippen LogP contribution in [0.5, 0.6) is 0 Å². The van der Waals surface area contributed by atoms with Crippen molar-refractivity contribution in [3.05, 3.63) is 73.4 Å². The quantitative estimate of drug-likeness (QED) is 0.0375. The maximum atomic E-state index is 11.3. The van der Waals surface area contributed by atoms with Crippen LogP contribution < -0.4 is 0 Å². The van der Waals surface area contributed by atoms with Gasteiger partial charge in [-0.2, -0.15) is 0 Å². The minimum atomic E-state index is -0.514. The van der Waals surface area contributed by atoms with E-state index in [1.165, 1.54) is 250 Å². The van der Waals surface area contributed by atoms with Crippen molar-refractivity contribution in [1.82, 2.24) is 0 Å². The van der Waals surface area contributed by atoms with Crippen LogP contribution in [0.25, 0.3) is 0 Å². The summed E-state index contributed by atoms with van der Waals surface area (Å²) in [5.74, 6) is -0.187. The van der Waals surface area contributed by atoms with E-state index in [4.69, 9.17) is 4.74 Å². The Morgan fingerprint density at radius 2 is 0.662 bits per heavy atom. The third-order valence-electron chi connectivity index (χ3n) is 13.7. The Balaban J connectivity index is -0.000000281. The van der Waals surface area contributed by atoms with Gasteiger partial charge in [0.1, 0.15) is 6.61 Å². The summed E-state index contributed by atoms with van der Waals surface area (Å²) in [6.07, 6.45) is 85.9. The highest BCUT2D eigenvalue weighted by atomic mass is 16.5. The van der Waals surface area contributed by atoms with Gasteiger partial charge < -0.3 is 9.84 Å². The molecule has 0 bridgehead atoms. The fourth-order valence-corrected chi connectivity index (χ4v) is 8.35. The van der Waals surface area contributed by atoms with Crippen LogP contribution in [0.15, 0.2) is 73.4 Å². The number of carbonyl (C=O) groups excluding carboxylic acids is 1. The first-order valence-corrected chi connectivity index (χ1v) is 34.2. The third-order valence-corrected chi connectivity index (χ3v) is 13.7. The first-order valence-electron chi connectivity index (χ1n) is 34.2. The Bertz CT molecular complexity index is 1170. The first-order chi connectivity index (χ1) is 37.5. The van der Waals surface area contributed by atoms with Crippen LogP contribution in [0.4, 0.5) is 0 Å². The van der Waals surface area contributed by atoms with Crippen molar-refractivity contribution in [3.8, 4) is 0 Å². The van der Waals surface area contributed by atoms with Crippen molar-refractivity contribution in [2.75, 3.05) is 6.61 Å². The predicted octanol–water partition coefficient (Wildman–Crippen LogP) is 26.3. The molecule has 0 heterocycles. The molecule has 0 rings (SSSR count). The summed E-state index contributed by atoms with van der Waals surface area (Å²) in [4.78, 5) is 11.3. The van der Waals surface area contributed by atoms with E-state index >= 15 is 0 Å². The Hall–Kier alpha value is -2.13. The molecule has 0 aromatic rings. The van der Waals surface area contributed by atoms with E-state index in [0.717, 1.165) is 38.5 Å². The zero-order valence-electron chi connectivity index (χ0n) is 54.8. The molecule has 1 N–H and O–H groups in total. The first kappa shape index (κ1) is 83.7. The number of carbonyl (C=O) groups is 1. The summed E-state index contributed by atoms with van der Waals surface area (Å²) in [6.45, 7) is 28.2. The molecule has 0 saturated carbocycles. The lowest BCUT2D eigenvalue weighted by Crippen LogP contribution is -2.17. The van der Waals surface area contributed by atoms with Crippen molar-refractivity contribution in [2.24, 2.45) is 5.41 Å². The predicted molar refractivity (Wildman–Crippen MR) is 355 cm³/mol. The minimum absolute atomic E-state index is 0.136. The van der Waals surface area contributed by atoms with Gasteiger partial charge in [-0.25, -0.2) is 0 Å². The van der Waals surface area contributed by atoms with Crippen molar-refractivity contribution in [2.45, 2.75) is 384 Å². The lowest BCUT2D eigenvalue weighted by Gasteiger charge is -2.17. The maximum Gasteiger partial charge on any atom is 0.305 e. The number of esters is 1. The number of aliphatic hydroxyl groups is 1. The number of aliphatic hydroxyl groups excluding tert-OH is 1. The second-order valence-corrected chi connectivity index (χ2v) is 23.4. The van der Waals surface area contributed by atoms with Gasteiger partial charge in [0, 0.05) is 6.42 Å². The topological polar surface area (TPSA) is 46.5 Å². The van der Waals surface area contributed by atoms with Crippen molar-refractivity contribution >= 4 is 5.97 Å². The molecule has 0 amide bonds. The van der Waals surface area contributed by atoms with Crippen LogP contribution in [-0.4, -0.2) is 23.8 Å². The maximum absolute atomic E-state index is 11.3. The molecular formula is C74H144O3. The van der Waals surface area contributed by atoms with E-state index < -0.39 is 6.10 Å². The van der Waals surface area contributed by atoms with Gasteiger partial charge in [-0.1, -0.05) is 342 Å². The summed E-state index contributed by atoms with van der Waals surface area (Å²) in [7, 11) is 0. The van der Waals surface area contributed by atoms with Gasteiger partial charge in [0.05, 0.1) is 6.10 Å². The Morgan fingerprint density at radius 3 is 0.987 bits per heavy atom. The average molecular weight is 1080 g/mol. The lowest BCUT2D eigenvalue weighted by molar-refractivity contribution is -0.146. The highest BCUT2D eigenvalue weighted by Crippen LogP contribution is 2.22. The average Bonchev–Trinajstić information content (AvgIpc) is 3.42. The number of hydrogen-bond donors (Lipinski definition) is 1. The third kappa shape index (κ3) is 99.7. The highest BCUT2D eigenvalue weighted by molar-refractivity contribution is 5.69. The summed E-state index contributed by atoms with van der Waals surface area (Å²) in [5.41, 5.74) is 0.381. The number of allylic oxidation sites excluding steroid dienone is 11. The molecular weight excluding hydrogens is 937 g/mol. The number of rotatable bonds is 51. The summed E-state index contributed by atoms with van der Waals surface area (Å²) < 4.78 is 4.95. The van der Waals surface area contributed by atoms with E-state index in [1.54, 1.807) is 0 Å². The van der Waals surface area contributed by atoms with E-state index in [2.05, 4.69) is 137 Å². The Kier molecular flexibility index (Phi) is 87.3. The van der Waals surface area contributed by atoms with Gasteiger partial charge in [0.15, 0.2) is 0 Å². The molecule has 1 atom stereocenters. The molecule has 0 fully saturated rings. The molecule has 1 unspecified atom stereocenters. The van der Waals surface area contributed by atoms with Gasteiger partial charge >= 0.3 is 5.97 Å². The fourth-order valence-electron chi connectivity index (χ4n) is 8.35. The summed E-state index contributed by atoms with van der Waals surface area (Å²) in [6, 6.07) is 0. The van der Waals surface area contributed by atoms with E-state index in [-0.39, 0.29) is 12.6 Å².